The first-order valence-electron chi connectivity index (χ1n) is 6.64. The predicted octanol–water partition coefficient (Wildman–Crippen LogP) is 0.0784. The Balaban J connectivity index is 2.91. The molecule has 122 valence electrons. The highest BCUT2D eigenvalue weighted by Gasteiger charge is 2.33. The number of hydrogen-bond acceptors (Lipinski definition) is 4. The third-order valence-corrected chi connectivity index (χ3v) is 4.89. The lowest BCUT2D eigenvalue weighted by atomic mass is 10.1. The van der Waals surface area contributed by atoms with Gasteiger partial charge in [0.1, 0.15) is 6.04 Å². The van der Waals surface area contributed by atoms with Gasteiger partial charge in [-0.1, -0.05) is 30.3 Å². The Morgan fingerprint density at radius 2 is 1.77 bits per heavy atom. The molecule has 0 bridgehead atoms. The van der Waals surface area contributed by atoms with Gasteiger partial charge in [-0.2, -0.15) is 4.72 Å². The summed E-state index contributed by atoms with van der Waals surface area (Å²) < 4.78 is 26.4. The molecule has 1 unspecified atom stereocenters. The average molecular weight is 328 g/mol. The minimum atomic E-state index is -4.09. The van der Waals surface area contributed by atoms with Crippen LogP contribution < -0.4 is 4.72 Å². The Labute approximate surface area is 130 Å². The first kappa shape index (κ1) is 18.1. The Hall–Kier alpha value is -1.93. The lowest BCUT2D eigenvalue weighted by molar-refractivity contribution is -0.139. The zero-order valence-electron chi connectivity index (χ0n) is 12.7. The van der Waals surface area contributed by atoms with Crippen molar-refractivity contribution in [3.05, 3.63) is 35.9 Å². The van der Waals surface area contributed by atoms with Crippen LogP contribution in [0, 0.1) is 0 Å². The molecule has 0 aliphatic heterocycles. The number of aliphatic carboxylic acids is 1. The van der Waals surface area contributed by atoms with E-state index in [9.17, 15) is 23.1 Å². The smallest absolute Gasteiger partial charge is 0.322 e. The second-order valence-corrected chi connectivity index (χ2v) is 7.15. The maximum absolute atomic E-state index is 12.2. The van der Waals surface area contributed by atoms with Gasteiger partial charge in [0.15, 0.2) is 5.25 Å². The summed E-state index contributed by atoms with van der Waals surface area (Å²) in [7, 11) is -1.22. The first-order valence-corrected chi connectivity index (χ1v) is 8.19. The molecule has 2 atom stereocenters. The zero-order valence-corrected chi connectivity index (χ0v) is 13.5. The fourth-order valence-electron chi connectivity index (χ4n) is 1.83. The number of nitrogens with one attached hydrogen (secondary N) is 1. The molecular weight excluding hydrogens is 308 g/mol. The Morgan fingerprint density at radius 1 is 1.23 bits per heavy atom. The highest BCUT2D eigenvalue weighted by atomic mass is 32.2. The molecule has 1 amide bonds. The quantitative estimate of drug-likeness (QED) is 0.737. The van der Waals surface area contributed by atoms with E-state index in [4.69, 9.17) is 0 Å². The molecular formula is C14H20N2O5S. The number of amides is 1. The molecule has 1 aromatic rings. The van der Waals surface area contributed by atoms with Crippen LogP contribution in [0.15, 0.2) is 30.3 Å². The van der Waals surface area contributed by atoms with Gasteiger partial charge in [0, 0.05) is 14.1 Å². The molecule has 0 aliphatic rings. The topological polar surface area (TPSA) is 104 Å². The number of carbonyl (C=O) groups excluding carboxylic acids is 1. The van der Waals surface area contributed by atoms with E-state index in [2.05, 4.69) is 4.72 Å². The number of benzene rings is 1. The van der Waals surface area contributed by atoms with E-state index in [-0.39, 0.29) is 6.42 Å². The van der Waals surface area contributed by atoms with Gasteiger partial charge in [0.05, 0.1) is 0 Å². The van der Waals surface area contributed by atoms with Gasteiger partial charge in [-0.25, -0.2) is 8.42 Å². The molecule has 0 spiro atoms. The zero-order chi connectivity index (χ0) is 16.9. The van der Waals surface area contributed by atoms with Gasteiger partial charge >= 0.3 is 5.97 Å². The molecule has 7 nitrogen and oxygen atoms in total. The summed E-state index contributed by atoms with van der Waals surface area (Å²) in [6.07, 6.45) is -0.00171. The number of hydrogen-bond donors (Lipinski definition) is 2. The van der Waals surface area contributed by atoms with Crippen LogP contribution in [-0.2, 0) is 26.0 Å². The van der Waals surface area contributed by atoms with E-state index in [1.165, 1.54) is 21.0 Å². The molecule has 0 saturated heterocycles. The molecule has 0 saturated carbocycles. The summed E-state index contributed by atoms with van der Waals surface area (Å²) in [4.78, 5) is 24.2. The van der Waals surface area contributed by atoms with E-state index in [0.717, 1.165) is 4.90 Å². The van der Waals surface area contributed by atoms with Gasteiger partial charge in [-0.3, -0.25) is 9.59 Å². The van der Waals surface area contributed by atoms with Gasteiger partial charge in [0.25, 0.3) is 0 Å². The molecule has 1 rings (SSSR count). The molecule has 0 aromatic heterocycles. The van der Waals surface area contributed by atoms with Crippen LogP contribution in [0.1, 0.15) is 12.5 Å². The fourth-order valence-corrected chi connectivity index (χ4v) is 3.09. The van der Waals surface area contributed by atoms with Crippen LogP contribution >= 0.6 is 0 Å². The standard InChI is InChI=1S/C14H20N2O5S/c1-10(13(17)16(2)3)22(20,21)15-12(14(18)19)9-11-7-5-4-6-8-11/h4-8,10,12,15H,9H2,1-3H3,(H,18,19)/t10?,12-/m0/s1. The Bertz CT molecular complexity index is 628. The van der Waals surface area contributed by atoms with Crippen molar-refractivity contribution in [3.8, 4) is 0 Å². The summed E-state index contributed by atoms with van der Waals surface area (Å²) in [5.74, 6) is -1.91. The van der Waals surface area contributed by atoms with Crippen LogP contribution in [0.3, 0.4) is 0 Å². The molecule has 0 heterocycles. The fraction of sp³-hybridized carbons (Fsp3) is 0.429. The lowest BCUT2D eigenvalue weighted by Crippen LogP contribution is -2.49. The second-order valence-electron chi connectivity index (χ2n) is 5.12. The summed E-state index contributed by atoms with van der Waals surface area (Å²) in [6.45, 7) is 1.23. The lowest BCUT2D eigenvalue weighted by Gasteiger charge is -2.20. The first-order chi connectivity index (χ1) is 10.1. The van der Waals surface area contributed by atoms with E-state index in [1.807, 2.05) is 0 Å². The van der Waals surface area contributed by atoms with Crippen LogP contribution in [0.25, 0.3) is 0 Å². The van der Waals surface area contributed by atoms with Gasteiger partial charge in [-0.15, -0.1) is 0 Å². The molecule has 8 heteroatoms. The summed E-state index contributed by atoms with van der Waals surface area (Å²) in [6, 6.07) is 7.34. The number of carboxylic acid groups (broad SMARTS) is 1. The van der Waals surface area contributed by atoms with E-state index in [0.29, 0.717) is 5.56 Å². The molecule has 0 radical (unpaired) electrons. The van der Waals surface area contributed by atoms with Crippen molar-refractivity contribution in [2.24, 2.45) is 0 Å². The minimum absolute atomic E-state index is 0.00171. The monoisotopic (exact) mass is 328 g/mol. The third-order valence-electron chi connectivity index (χ3n) is 3.14. The maximum atomic E-state index is 12.2. The third kappa shape index (κ3) is 4.81. The van der Waals surface area contributed by atoms with Crippen molar-refractivity contribution in [1.29, 1.82) is 0 Å². The van der Waals surface area contributed by atoms with Crippen molar-refractivity contribution in [2.75, 3.05) is 14.1 Å². The molecule has 1 aromatic carbocycles. The largest absolute Gasteiger partial charge is 0.480 e. The maximum Gasteiger partial charge on any atom is 0.322 e. The van der Waals surface area contributed by atoms with Crippen molar-refractivity contribution < 1.29 is 23.1 Å². The molecule has 0 fully saturated rings. The Morgan fingerprint density at radius 3 is 2.23 bits per heavy atom. The van der Waals surface area contributed by atoms with Crippen molar-refractivity contribution in [3.63, 3.8) is 0 Å². The molecule has 0 aliphatic carbocycles. The Kier molecular flexibility index (Phi) is 6.07. The average Bonchev–Trinajstić information content (AvgIpc) is 2.45. The number of carbonyl (C=O) groups is 2. The van der Waals surface area contributed by atoms with Crippen molar-refractivity contribution >= 4 is 21.9 Å². The number of rotatable bonds is 7. The van der Waals surface area contributed by atoms with Crippen LogP contribution in [0.5, 0.6) is 0 Å². The highest BCUT2D eigenvalue weighted by molar-refractivity contribution is 7.90. The van der Waals surface area contributed by atoms with Crippen LogP contribution in [0.2, 0.25) is 0 Å². The minimum Gasteiger partial charge on any atom is -0.480 e. The predicted molar refractivity (Wildman–Crippen MR) is 81.8 cm³/mol. The van der Waals surface area contributed by atoms with Gasteiger partial charge in [-0.05, 0) is 18.9 Å². The molecule has 22 heavy (non-hydrogen) atoms. The van der Waals surface area contributed by atoms with E-state index in [1.54, 1.807) is 30.3 Å². The molecule has 2 N–H and O–H groups in total. The van der Waals surface area contributed by atoms with Gasteiger partial charge < -0.3 is 10.0 Å². The van der Waals surface area contributed by atoms with Gasteiger partial charge in [0.2, 0.25) is 15.9 Å². The van der Waals surface area contributed by atoms with Crippen LogP contribution in [0.4, 0.5) is 0 Å². The van der Waals surface area contributed by atoms with Crippen molar-refractivity contribution in [1.82, 2.24) is 9.62 Å². The number of nitrogens with zero attached hydrogens (tertiary/aromatic N) is 1. The summed E-state index contributed by atoms with van der Waals surface area (Å²) >= 11 is 0. The summed E-state index contributed by atoms with van der Waals surface area (Å²) in [5, 5.41) is 7.84. The number of carboxylic acids is 1. The number of sulfonamides is 1. The van der Waals surface area contributed by atoms with Crippen LogP contribution in [-0.4, -0.2) is 55.7 Å². The second kappa shape index (κ2) is 7.37. The van der Waals surface area contributed by atoms with Crippen molar-refractivity contribution in [2.45, 2.75) is 24.6 Å². The normalized spacial score (nSPS) is 14.1. The SMILES string of the molecule is CC(C(=O)N(C)C)S(=O)(=O)N[C@@H](Cc1ccccc1)C(=O)O. The summed E-state index contributed by atoms with van der Waals surface area (Å²) in [5.41, 5.74) is 0.684. The van der Waals surface area contributed by atoms with E-state index >= 15 is 0 Å². The highest BCUT2D eigenvalue weighted by Crippen LogP contribution is 2.08. The van der Waals surface area contributed by atoms with E-state index < -0.39 is 33.2 Å².